The summed E-state index contributed by atoms with van der Waals surface area (Å²) in [4.78, 5) is 0.128. The second-order valence-electron chi connectivity index (χ2n) is 2.52. The summed E-state index contributed by atoms with van der Waals surface area (Å²) < 4.78 is 20.0. The number of hydrogen-bond donors (Lipinski definition) is 2. The molecule has 1 atom stereocenters. The van der Waals surface area contributed by atoms with Gasteiger partial charge >= 0.3 is 0 Å². The van der Waals surface area contributed by atoms with Crippen LogP contribution in [-0.4, -0.2) is 8.76 Å². The lowest BCUT2D eigenvalue weighted by molar-refractivity contribution is 0.562. The summed E-state index contributed by atoms with van der Waals surface area (Å²) in [6.07, 6.45) is 0. The van der Waals surface area contributed by atoms with Gasteiger partial charge in [0.25, 0.3) is 0 Å². The number of anilines is 1. The zero-order chi connectivity index (χ0) is 9.35. The van der Waals surface area contributed by atoms with E-state index in [9.17, 15) is 4.21 Å². The van der Waals surface area contributed by atoms with Gasteiger partial charge in [0, 0.05) is 11.2 Å². The Labute approximate surface area is 76.1 Å². The molecule has 0 fully saturated rings. The first-order chi connectivity index (χ1) is 5.41. The highest BCUT2D eigenvalue weighted by Gasteiger charge is 2.08. The van der Waals surface area contributed by atoms with E-state index in [1.54, 1.807) is 12.1 Å². The molecule has 12 heavy (non-hydrogen) atoms. The topological polar surface area (TPSA) is 63.3 Å². The number of hydrogen-bond acceptors (Lipinski definition) is 3. The average Bonchev–Trinajstić information content (AvgIpc) is 1.83. The van der Waals surface area contributed by atoms with Crippen LogP contribution in [0.4, 0.5) is 5.69 Å². The molecule has 1 rings (SSSR count). The summed E-state index contributed by atoms with van der Waals surface area (Å²) in [6.45, 7) is 1.85. The molecule has 0 spiro atoms. The molecule has 0 saturated heterocycles. The molecule has 0 heterocycles. The normalized spacial score (nSPS) is 15.5. The highest BCUT2D eigenvalue weighted by atomic mass is 32.8. The van der Waals surface area contributed by atoms with Crippen molar-refractivity contribution in [3.63, 3.8) is 0 Å². The third kappa shape index (κ3) is 1.94. The van der Waals surface area contributed by atoms with Gasteiger partial charge in [0.1, 0.15) is 0 Å². The van der Waals surface area contributed by atoms with Crippen molar-refractivity contribution >= 4 is 25.6 Å². The number of rotatable bonds is 1. The van der Waals surface area contributed by atoms with Crippen molar-refractivity contribution in [2.45, 2.75) is 11.8 Å². The summed E-state index contributed by atoms with van der Waals surface area (Å²) in [6, 6.07) is 4.81. The van der Waals surface area contributed by atoms with E-state index < -0.39 is 8.77 Å². The molecule has 1 aromatic carbocycles. The van der Waals surface area contributed by atoms with Crippen LogP contribution in [0.3, 0.4) is 0 Å². The molecular formula is C7H9NO2S2. The van der Waals surface area contributed by atoms with E-state index in [1.165, 1.54) is 6.07 Å². The number of benzene rings is 1. The Balaban J connectivity index is 3.39. The van der Waals surface area contributed by atoms with Gasteiger partial charge in [-0.25, -0.2) is 4.21 Å². The molecule has 0 bridgehead atoms. The van der Waals surface area contributed by atoms with Gasteiger partial charge in [0.05, 0.1) is 10.6 Å². The molecule has 1 unspecified atom stereocenters. The van der Waals surface area contributed by atoms with Crippen molar-refractivity contribution in [1.29, 1.82) is 0 Å². The molecule has 0 aliphatic heterocycles. The maximum Gasteiger partial charge on any atom is 0.173 e. The molecular weight excluding hydrogens is 194 g/mol. The quantitative estimate of drug-likeness (QED) is 0.672. The lowest BCUT2D eigenvalue weighted by Gasteiger charge is -2.04. The zero-order valence-corrected chi connectivity index (χ0v) is 8.11. The van der Waals surface area contributed by atoms with E-state index in [0.717, 1.165) is 5.56 Å². The Morgan fingerprint density at radius 3 is 2.58 bits per heavy atom. The second kappa shape index (κ2) is 3.01. The van der Waals surface area contributed by atoms with Gasteiger partial charge in [-0.1, -0.05) is 6.07 Å². The van der Waals surface area contributed by atoms with Crippen LogP contribution in [0.25, 0.3) is 0 Å². The Kier molecular flexibility index (Phi) is 2.36. The van der Waals surface area contributed by atoms with Crippen molar-refractivity contribution in [2.75, 3.05) is 5.73 Å². The maximum atomic E-state index is 11.0. The van der Waals surface area contributed by atoms with E-state index in [-0.39, 0.29) is 10.6 Å². The molecule has 0 amide bonds. The summed E-state index contributed by atoms with van der Waals surface area (Å²) in [5.74, 6) is 0. The molecule has 0 saturated carbocycles. The van der Waals surface area contributed by atoms with Crippen LogP contribution in [0.2, 0.25) is 0 Å². The smallest absolute Gasteiger partial charge is 0.173 e. The van der Waals surface area contributed by atoms with Crippen molar-refractivity contribution in [3.8, 4) is 0 Å². The number of nitrogens with two attached hydrogens (primary N) is 1. The Morgan fingerprint density at radius 2 is 2.17 bits per heavy atom. The predicted octanol–water partition coefficient (Wildman–Crippen LogP) is 1.16. The van der Waals surface area contributed by atoms with Gasteiger partial charge in [-0.2, -0.15) is 0 Å². The van der Waals surface area contributed by atoms with Crippen molar-refractivity contribution in [3.05, 3.63) is 23.8 Å². The van der Waals surface area contributed by atoms with Crippen molar-refractivity contribution in [2.24, 2.45) is 0 Å². The lowest BCUT2D eigenvalue weighted by atomic mass is 10.2. The first-order valence-corrected chi connectivity index (χ1v) is 5.69. The minimum absolute atomic E-state index is 0.128. The highest BCUT2D eigenvalue weighted by molar-refractivity contribution is 8.29. The highest BCUT2D eigenvalue weighted by Crippen LogP contribution is 2.18. The van der Waals surface area contributed by atoms with Gasteiger partial charge in [-0.15, -0.1) is 0 Å². The van der Waals surface area contributed by atoms with E-state index in [4.69, 9.17) is 10.3 Å². The Bertz CT molecular complexity index is 398. The average molecular weight is 203 g/mol. The molecule has 0 aromatic heterocycles. The maximum absolute atomic E-state index is 11.0. The van der Waals surface area contributed by atoms with Crippen LogP contribution < -0.4 is 5.73 Å². The van der Waals surface area contributed by atoms with Gasteiger partial charge in [-0.05, 0) is 24.6 Å². The molecule has 0 aliphatic rings. The third-order valence-corrected chi connectivity index (χ3v) is 2.91. The summed E-state index contributed by atoms with van der Waals surface area (Å²) in [5, 5.41) is 0. The van der Waals surface area contributed by atoms with E-state index in [2.05, 4.69) is 11.2 Å². The number of aryl methyl sites for hydroxylation is 1. The van der Waals surface area contributed by atoms with Crippen LogP contribution in [0, 0.1) is 6.92 Å². The molecule has 66 valence electrons. The van der Waals surface area contributed by atoms with Crippen LogP contribution >= 0.6 is 0 Å². The summed E-state index contributed by atoms with van der Waals surface area (Å²) in [5.41, 5.74) is 6.72. The Morgan fingerprint density at radius 1 is 1.58 bits per heavy atom. The monoisotopic (exact) mass is 203 g/mol. The summed E-state index contributed by atoms with van der Waals surface area (Å²) >= 11 is 4.39. The fourth-order valence-corrected chi connectivity index (χ4v) is 1.95. The first kappa shape index (κ1) is 9.44. The molecule has 3 N–H and O–H groups in total. The SMILES string of the molecule is Cc1ccc(S(=O)(O)=S)c(N)c1. The van der Waals surface area contributed by atoms with Crippen molar-refractivity contribution in [1.82, 2.24) is 0 Å². The van der Waals surface area contributed by atoms with Gasteiger partial charge in [0.15, 0.2) is 8.77 Å². The second-order valence-corrected chi connectivity index (χ2v) is 5.26. The minimum atomic E-state index is -3.34. The van der Waals surface area contributed by atoms with Crippen LogP contribution in [0.5, 0.6) is 0 Å². The fraction of sp³-hybridized carbons (Fsp3) is 0.143. The molecule has 5 heteroatoms. The predicted molar refractivity (Wildman–Crippen MR) is 52.0 cm³/mol. The van der Waals surface area contributed by atoms with Crippen LogP contribution in [0.15, 0.2) is 23.1 Å². The molecule has 3 nitrogen and oxygen atoms in total. The Hall–Kier alpha value is -0.650. The first-order valence-electron chi connectivity index (χ1n) is 3.25. The molecule has 0 radical (unpaired) electrons. The minimum Gasteiger partial charge on any atom is -0.398 e. The van der Waals surface area contributed by atoms with E-state index in [0.29, 0.717) is 0 Å². The molecule has 0 aliphatic carbocycles. The van der Waals surface area contributed by atoms with Gasteiger partial charge in [-0.3, -0.25) is 0 Å². The van der Waals surface area contributed by atoms with Crippen LogP contribution in [0.1, 0.15) is 5.56 Å². The van der Waals surface area contributed by atoms with Crippen LogP contribution in [-0.2, 0) is 20.0 Å². The van der Waals surface area contributed by atoms with Crippen molar-refractivity contribution < 1.29 is 8.76 Å². The lowest BCUT2D eigenvalue weighted by Crippen LogP contribution is -2.01. The standard InChI is InChI=1S/C7H9NO2S2/c1-5-2-3-7(6(8)4-5)12(9,10)11/h2-4H,8H2,1H3,(H,9,10,11). The molecule has 1 aromatic rings. The largest absolute Gasteiger partial charge is 0.398 e. The fourth-order valence-electron chi connectivity index (χ4n) is 0.903. The number of nitrogen functional groups attached to an aromatic ring is 1. The van der Waals surface area contributed by atoms with Gasteiger partial charge < -0.3 is 10.3 Å². The third-order valence-electron chi connectivity index (χ3n) is 1.44. The van der Waals surface area contributed by atoms with E-state index >= 15 is 0 Å². The van der Waals surface area contributed by atoms with E-state index in [1.807, 2.05) is 6.92 Å². The summed E-state index contributed by atoms with van der Waals surface area (Å²) in [7, 11) is -3.34. The zero-order valence-electron chi connectivity index (χ0n) is 6.48. The van der Waals surface area contributed by atoms with Gasteiger partial charge in [0.2, 0.25) is 0 Å².